The third-order valence-corrected chi connectivity index (χ3v) is 6.21. The van der Waals surface area contributed by atoms with Gasteiger partial charge < -0.3 is 10.3 Å². The first-order valence-electron chi connectivity index (χ1n) is 8.74. The molecule has 2 aromatic rings. The fraction of sp³-hybridized carbons (Fsp3) is 0.611. The smallest absolute Gasteiger partial charge is 0.258 e. The molecule has 4 aliphatic rings. The summed E-state index contributed by atoms with van der Waals surface area (Å²) >= 11 is 0. The lowest BCUT2D eigenvalue weighted by atomic mass is 9.49. The molecule has 0 saturated heterocycles. The lowest BCUT2D eigenvalue weighted by Gasteiger charge is -2.55. The normalized spacial score (nSPS) is 33.5. The molecule has 0 amide bonds. The highest BCUT2D eigenvalue weighted by Gasteiger charge is 2.53. The van der Waals surface area contributed by atoms with Crippen LogP contribution in [0.1, 0.15) is 50.0 Å². The maximum Gasteiger partial charge on any atom is 0.258 e. The molecule has 128 valence electrons. The third kappa shape index (κ3) is 2.45. The summed E-state index contributed by atoms with van der Waals surface area (Å²) in [4.78, 5) is 9.03. The van der Waals surface area contributed by atoms with Crippen molar-refractivity contribution >= 4 is 12.4 Å². The molecule has 6 heteroatoms. The third-order valence-electron chi connectivity index (χ3n) is 6.21. The highest BCUT2D eigenvalue weighted by Crippen LogP contribution is 2.60. The lowest BCUT2D eigenvalue weighted by Crippen LogP contribution is -2.49. The highest BCUT2D eigenvalue weighted by molar-refractivity contribution is 5.85. The SMILES string of the molecule is Cl.NCc1cc(-c2nc(C34CC5CC(CC(C5)C3)C4)no2)ccn1. The second kappa shape index (κ2) is 5.81. The zero-order valence-corrected chi connectivity index (χ0v) is 14.5. The predicted octanol–water partition coefficient (Wildman–Crippen LogP) is 3.48. The van der Waals surface area contributed by atoms with Gasteiger partial charge in [-0.2, -0.15) is 4.98 Å². The number of hydrogen-bond acceptors (Lipinski definition) is 5. The van der Waals surface area contributed by atoms with Gasteiger partial charge in [-0.3, -0.25) is 4.98 Å². The molecule has 0 aliphatic heterocycles. The summed E-state index contributed by atoms with van der Waals surface area (Å²) in [5, 5.41) is 4.40. The van der Waals surface area contributed by atoms with Gasteiger partial charge in [0.1, 0.15) is 0 Å². The van der Waals surface area contributed by atoms with Crippen molar-refractivity contribution in [2.75, 3.05) is 0 Å². The Morgan fingerprint density at radius 2 is 1.79 bits per heavy atom. The Labute approximate surface area is 147 Å². The van der Waals surface area contributed by atoms with E-state index in [1.165, 1.54) is 38.5 Å². The van der Waals surface area contributed by atoms with Gasteiger partial charge in [-0.05, 0) is 68.4 Å². The van der Waals surface area contributed by atoms with Crippen molar-refractivity contribution in [2.24, 2.45) is 23.5 Å². The first-order chi connectivity index (χ1) is 11.2. The van der Waals surface area contributed by atoms with E-state index in [2.05, 4.69) is 10.1 Å². The fourth-order valence-electron chi connectivity index (χ4n) is 5.66. The van der Waals surface area contributed by atoms with Crippen LogP contribution in [0, 0.1) is 17.8 Å². The Kier molecular flexibility index (Phi) is 3.88. The van der Waals surface area contributed by atoms with Gasteiger partial charge >= 0.3 is 0 Å². The molecule has 2 aromatic heterocycles. The van der Waals surface area contributed by atoms with Crippen LogP contribution >= 0.6 is 12.4 Å². The summed E-state index contributed by atoms with van der Waals surface area (Å²) in [5.41, 5.74) is 7.62. The number of hydrogen-bond donors (Lipinski definition) is 1. The zero-order valence-electron chi connectivity index (χ0n) is 13.6. The molecule has 2 N–H and O–H groups in total. The minimum atomic E-state index is 0. The van der Waals surface area contributed by atoms with Crippen molar-refractivity contribution in [3.8, 4) is 11.5 Å². The average Bonchev–Trinajstić information content (AvgIpc) is 3.04. The van der Waals surface area contributed by atoms with E-state index in [0.29, 0.717) is 12.4 Å². The second-order valence-corrected chi connectivity index (χ2v) is 7.86. The summed E-state index contributed by atoms with van der Waals surface area (Å²) in [6, 6.07) is 3.85. The van der Waals surface area contributed by atoms with Crippen molar-refractivity contribution in [1.82, 2.24) is 15.1 Å². The van der Waals surface area contributed by atoms with Gasteiger partial charge in [-0.15, -0.1) is 12.4 Å². The lowest BCUT2D eigenvalue weighted by molar-refractivity contribution is -0.0103. The second-order valence-electron chi connectivity index (χ2n) is 7.86. The van der Waals surface area contributed by atoms with Crippen LogP contribution in [0.5, 0.6) is 0 Å². The van der Waals surface area contributed by atoms with Crippen LogP contribution in [0.3, 0.4) is 0 Å². The van der Waals surface area contributed by atoms with Gasteiger partial charge in [0.25, 0.3) is 5.89 Å². The molecule has 0 unspecified atom stereocenters. The molecule has 24 heavy (non-hydrogen) atoms. The van der Waals surface area contributed by atoms with Crippen LogP contribution < -0.4 is 5.73 Å². The maximum absolute atomic E-state index is 5.68. The Morgan fingerprint density at radius 3 is 2.42 bits per heavy atom. The molecule has 4 saturated carbocycles. The van der Waals surface area contributed by atoms with E-state index in [9.17, 15) is 0 Å². The molecule has 0 spiro atoms. The van der Waals surface area contributed by atoms with Gasteiger partial charge in [0.15, 0.2) is 5.82 Å². The van der Waals surface area contributed by atoms with Gasteiger partial charge in [-0.25, -0.2) is 0 Å². The van der Waals surface area contributed by atoms with Crippen molar-refractivity contribution < 1.29 is 4.52 Å². The number of halogens is 1. The first-order valence-corrected chi connectivity index (χ1v) is 8.74. The standard InChI is InChI=1S/C18H22N4O.ClH/c19-10-15-6-14(1-2-20-15)16-21-17(22-23-16)18-7-11-3-12(8-18)5-13(4-11)9-18;/h1-2,6,11-13H,3-5,7-10,19H2;1H. The predicted molar refractivity (Wildman–Crippen MR) is 92.5 cm³/mol. The van der Waals surface area contributed by atoms with Crippen LogP contribution in [0.2, 0.25) is 0 Å². The number of aromatic nitrogens is 3. The largest absolute Gasteiger partial charge is 0.334 e. The van der Waals surface area contributed by atoms with Gasteiger partial charge in [0, 0.05) is 23.7 Å². The Balaban J connectivity index is 0.00000146. The van der Waals surface area contributed by atoms with E-state index in [1.54, 1.807) is 6.20 Å². The van der Waals surface area contributed by atoms with E-state index >= 15 is 0 Å². The van der Waals surface area contributed by atoms with E-state index < -0.39 is 0 Å². The molecular weight excluding hydrogens is 324 g/mol. The van der Waals surface area contributed by atoms with Crippen LogP contribution in [0.15, 0.2) is 22.9 Å². The highest BCUT2D eigenvalue weighted by atomic mass is 35.5. The summed E-state index contributed by atoms with van der Waals surface area (Å²) < 4.78 is 5.61. The van der Waals surface area contributed by atoms with Crippen molar-refractivity contribution in [3.05, 3.63) is 29.8 Å². The first kappa shape index (κ1) is 16.0. The molecule has 0 radical (unpaired) electrons. The van der Waals surface area contributed by atoms with Gasteiger partial charge in [0.2, 0.25) is 0 Å². The Morgan fingerprint density at radius 1 is 1.12 bits per heavy atom. The van der Waals surface area contributed by atoms with E-state index in [1.807, 2.05) is 12.1 Å². The molecule has 6 rings (SSSR count). The fourth-order valence-corrected chi connectivity index (χ4v) is 5.66. The van der Waals surface area contributed by atoms with Crippen LogP contribution in [0.4, 0.5) is 0 Å². The minimum absolute atomic E-state index is 0. The quantitative estimate of drug-likeness (QED) is 0.920. The number of pyridine rings is 1. The minimum Gasteiger partial charge on any atom is -0.334 e. The van der Waals surface area contributed by atoms with Crippen molar-refractivity contribution in [1.29, 1.82) is 0 Å². The average molecular weight is 347 g/mol. The maximum atomic E-state index is 5.68. The Bertz CT molecular complexity index is 709. The van der Waals surface area contributed by atoms with Crippen LogP contribution in [-0.4, -0.2) is 15.1 Å². The Hall–Kier alpha value is -1.46. The molecule has 4 aliphatic carbocycles. The van der Waals surface area contributed by atoms with E-state index in [-0.39, 0.29) is 17.8 Å². The molecule has 2 heterocycles. The summed E-state index contributed by atoms with van der Waals surface area (Å²) in [6.07, 6.45) is 9.79. The summed E-state index contributed by atoms with van der Waals surface area (Å²) in [5.74, 6) is 4.19. The molecular formula is C18H23ClN4O. The molecule has 0 atom stereocenters. The van der Waals surface area contributed by atoms with Gasteiger partial charge in [-0.1, -0.05) is 5.16 Å². The number of nitrogens with two attached hydrogens (primary N) is 1. The summed E-state index contributed by atoms with van der Waals surface area (Å²) in [7, 11) is 0. The topological polar surface area (TPSA) is 77.8 Å². The number of rotatable bonds is 3. The van der Waals surface area contributed by atoms with Crippen LogP contribution in [0.25, 0.3) is 11.5 Å². The monoisotopic (exact) mass is 346 g/mol. The van der Waals surface area contributed by atoms with E-state index in [0.717, 1.165) is 34.8 Å². The molecule has 0 aromatic carbocycles. The number of nitrogens with zero attached hydrogens (tertiary/aromatic N) is 3. The molecule has 4 bridgehead atoms. The molecule has 4 fully saturated rings. The van der Waals surface area contributed by atoms with Gasteiger partial charge in [0.05, 0.1) is 5.69 Å². The molecule has 5 nitrogen and oxygen atoms in total. The van der Waals surface area contributed by atoms with Crippen molar-refractivity contribution in [2.45, 2.75) is 50.5 Å². The van der Waals surface area contributed by atoms with Crippen molar-refractivity contribution in [3.63, 3.8) is 0 Å². The van der Waals surface area contributed by atoms with Crippen LogP contribution in [-0.2, 0) is 12.0 Å². The van der Waals surface area contributed by atoms with E-state index in [4.69, 9.17) is 15.2 Å². The summed E-state index contributed by atoms with van der Waals surface area (Å²) in [6.45, 7) is 0.420. The zero-order chi connectivity index (χ0) is 15.4.